The maximum atomic E-state index is 12.8. The summed E-state index contributed by atoms with van der Waals surface area (Å²) in [6.07, 6.45) is 0. The average molecular weight is 399 g/mol. The summed E-state index contributed by atoms with van der Waals surface area (Å²) < 4.78 is 6.73. The monoisotopic (exact) mass is 399 g/mol. The lowest BCUT2D eigenvalue weighted by atomic mass is 10.1. The van der Waals surface area contributed by atoms with Crippen molar-refractivity contribution in [1.29, 1.82) is 0 Å². The molecule has 3 aromatic carbocycles. The molecule has 0 fully saturated rings. The molecule has 0 amide bonds. The number of aromatic nitrogens is 2. The van der Waals surface area contributed by atoms with Crippen molar-refractivity contribution in [2.45, 2.75) is 0 Å². The van der Waals surface area contributed by atoms with E-state index in [9.17, 15) is 19.2 Å². The number of anilines is 1. The minimum absolute atomic E-state index is 0.0887. The topological polar surface area (TPSA) is 124 Å². The van der Waals surface area contributed by atoms with Crippen LogP contribution in [-0.2, 0) is 0 Å². The molecule has 0 unspecified atom stereocenters. The fourth-order valence-corrected chi connectivity index (χ4v) is 3.47. The minimum Gasteiger partial charge on any atom is -0.457 e. The van der Waals surface area contributed by atoms with Crippen molar-refractivity contribution < 1.29 is 4.74 Å². The van der Waals surface area contributed by atoms with Gasteiger partial charge in [0.05, 0.1) is 27.2 Å². The summed E-state index contributed by atoms with van der Waals surface area (Å²) >= 11 is 0. The summed E-state index contributed by atoms with van der Waals surface area (Å²) in [5.41, 5.74) is 4.34. The molecule has 0 aliphatic heterocycles. The number of fused-ring (bicyclic) bond motifs is 2. The largest absolute Gasteiger partial charge is 0.457 e. The first-order valence-corrected chi connectivity index (χ1v) is 8.98. The summed E-state index contributed by atoms with van der Waals surface area (Å²) in [7, 11) is 0. The van der Waals surface area contributed by atoms with Crippen LogP contribution in [0, 0.1) is 0 Å². The smallest absolute Gasteiger partial charge is 0.266 e. The fourth-order valence-electron chi connectivity index (χ4n) is 3.47. The molecule has 30 heavy (non-hydrogen) atoms. The third-order valence-corrected chi connectivity index (χ3v) is 4.95. The maximum absolute atomic E-state index is 12.8. The number of aromatic amines is 1. The van der Waals surface area contributed by atoms with Crippen molar-refractivity contribution in [3.63, 3.8) is 0 Å². The number of benzene rings is 3. The second kappa shape index (κ2) is 6.28. The first-order chi connectivity index (χ1) is 14.4. The van der Waals surface area contributed by atoms with Gasteiger partial charge < -0.3 is 10.5 Å². The molecule has 0 atom stereocenters. The van der Waals surface area contributed by atoms with Gasteiger partial charge in [-0.1, -0.05) is 0 Å². The van der Waals surface area contributed by atoms with Gasteiger partial charge in [0.25, 0.3) is 22.2 Å². The quantitative estimate of drug-likeness (QED) is 0.446. The highest BCUT2D eigenvalue weighted by Crippen LogP contribution is 2.23. The third-order valence-electron chi connectivity index (χ3n) is 4.95. The van der Waals surface area contributed by atoms with Gasteiger partial charge >= 0.3 is 0 Å². The molecule has 0 radical (unpaired) electrons. The van der Waals surface area contributed by atoms with E-state index in [0.717, 1.165) is 4.57 Å². The molecule has 5 aromatic rings. The van der Waals surface area contributed by atoms with Gasteiger partial charge in [-0.05, 0) is 60.7 Å². The lowest BCUT2D eigenvalue weighted by Gasteiger charge is -2.07. The van der Waals surface area contributed by atoms with Gasteiger partial charge in [-0.2, -0.15) is 0 Å². The molecule has 0 saturated heterocycles. The number of nitrogens with two attached hydrogens (primary N) is 1. The lowest BCUT2D eigenvalue weighted by Crippen LogP contribution is -2.23. The number of H-pyrrole nitrogens is 1. The molecular weight excluding hydrogens is 386 g/mol. The van der Waals surface area contributed by atoms with Crippen LogP contribution in [0.15, 0.2) is 79.8 Å². The maximum Gasteiger partial charge on any atom is 0.266 e. The molecule has 3 N–H and O–H groups in total. The standard InChI is InChI=1S/C22H13N3O5/c23-11-1-5-13(6-2-11)30-14-7-3-12(4-8-14)25-21(28)17-9-15-16(10-18(17)22(25)29)20(27)24-19(15)26/h1-10H,23H2,(H,24,26,27). The number of hydrogen-bond acceptors (Lipinski definition) is 6. The Hall–Kier alpha value is -4.46. The zero-order chi connectivity index (χ0) is 21.0. The van der Waals surface area contributed by atoms with Crippen LogP contribution < -0.4 is 32.7 Å². The van der Waals surface area contributed by atoms with E-state index < -0.39 is 22.2 Å². The van der Waals surface area contributed by atoms with E-state index in [4.69, 9.17) is 10.5 Å². The second-order valence-electron chi connectivity index (χ2n) is 6.84. The number of ether oxygens (including phenoxy) is 1. The van der Waals surface area contributed by atoms with E-state index in [1.54, 1.807) is 48.5 Å². The zero-order valence-corrected chi connectivity index (χ0v) is 15.3. The van der Waals surface area contributed by atoms with Gasteiger partial charge in [-0.3, -0.25) is 24.2 Å². The van der Waals surface area contributed by atoms with Crippen LogP contribution in [-0.4, -0.2) is 9.55 Å². The van der Waals surface area contributed by atoms with Crippen molar-refractivity contribution in [2.24, 2.45) is 0 Å². The van der Waals surface area contributed by atoms with Crippen LogP contribution in [0.2, 0.25) is 0 Å². The fraction of sp³-hybridized carbons (Fsp3) is 0. The SMILES string of the molecule is Nc1ccc(Oc2ccc(-n3c(=O)c4cc5c(=O)[nH]c(=O)c5cc4c3=O)cc2)cc1. The van der Waals surface area contributed by atoms with Gasteiger partial charge in [-0.15, -0.1) is 0 Å². The molecule has 0 aliphatic rings. The van der Waals surface area contributed by atoms with Crippen LogP contribution in [0.4, 0.5) is 5.69 Å². The third kappa shape index (κ3) is 2.62. The van der Waals surface area contributed by atoms with Gasteiger partial charge in [0, 0.05) is 5.69 Å². The van der Waals surface area contributed by atoms with E-state index in [-0.39, 0.29) is 21.5 Å². The average Bonchev–Trinajstić information content (AvgIpc) is 3.16. The molecule has 5 rings (SSSR count). The number of rotatable bonds is 3. The van der Waals surface area contributed by atoms with Crippen LogP contribution in [0.3, 0.4) is 0 Å². The Morgan fingerprint density at radius 3 is 1.63 bits per heavy atom. The summed E-state index contributed by atoms with van der Waals surface area (Å²) in [6.45, 7) is 0. The number of nitrogen functional groups attached to an aromatic ring is 1. The first-order valence-electron chi connectivity index (χ1n) is 8.98. The van der Waals surface area contributed by atoms with Crippen molar-refractivity contribution >= 4 is 27.2 Å². The van der Waals surface area contributed by atoms with E-state index in [2.05, 4.69) is 4.98 Å². The Morgan fingerprint density at radius 2 is 1.13 bits per heavy atom. The number of hydrogen-bond donors (Lipinski definition) is 2. The Bertz CT molecular complexity index is 1560. The molecular formula is C22H13N3O5. The van der Waals surface area contributed by atoms with Gasteiger partial charge in [0.1, 0.15) is 11.5 Å². The molecule has 8 nitrogen and oxygen atoms in total. The van der Waals surface area contributed by atoms with Crippen LogP contribution in [0.25, 0.3) is 27.2 Å². The summed E-state index contributed by atoms with van der Waals surface area (Å²) in [6, 6.07) is 15.9. The Morgan fingerprint density at radius 1 is 0.667 bits per heavy atom. The Labute approximate surface area is 167 Å². The second-order valence-corrected chi connectivity index (χ2v) is 6.84. The van der Waals surface area contributed by atoms with Gasteiger partial charge in [0.15, 0.2) is 0 Å². The normalized spacial score (nSPS) is 11.3. The summed E-state index contributed by atoms with van der Waals surface area (Å²) in [5, 5.41) is 0.361. The zero-order valence-electron chi connectivity index (χ0n) is 15.3. The van der Waals surface area contributed by atoms with Crippen molar-refractivity contribution in [3.8, 4) is 17.2 Å². The lowest BCUT2D eigenvalue weighted by molar-refractivity contribution is 0.482. The first kappa shape index (κ1) is 17.6. The highest BCUT2D eigenvalue weighted by molar-refractivity contribution is 5.97. The van der Waals surface area contributed by atoms with Crippen molar-refractivity contribution in [3.05, 3.63) is 102 Å². The molecule has 0 saturated carbocycles. The van der Waals surface area contributed by atoms with Crippen molar-refractivity contribution in [1.82, 2.24) is 9.55 Å². The van der Waals surface area contributed by atoms with Crippen LogP contribution in [0.1, 0.15) is 0 Å². The predicted octanol–water partition coefficient (Wildman–Crippen LogP) is 1.80. The molecule has 2 heterocycles. The molecule has 0 aliphatic carbocycles. The summed E-state index contributed by atoms with van der Waals surface area (Å²) in [4.78, 5) is 51.6. The van der Waals surface area contributed by atoms with Gasteiger partial charge in [0.2, 0.25) is 0 Å². The Kier molecular flexibility index (Phi) is 3.69. The molecule has 2 aromatic heterocycles. The number of nitrogens with zero attached hydrogens (tertiary/aromatic N) is 1. The highest BCUT2D eigenvalue weighted by Gasteiger charge is 2.18. The summed E-state index contributed by atoms with van der Waals surface area (Å²) in [5.74, 6) is 1.11. The van der Waals surface area contributed by atoms with Crippen LogP contribution >= 0.6 is 0 Å². The Balaban J connectivity index is 1.59. The predicted molar refractivity (Wildman–Crippen MR) is 114 cm³/mol. The van der Waals surface area contributed by atoms with E-state index in [1.165, 1.54) is 12.1 Å². The molecule has 8 heteroatoms. The van der Waals surface area contributed by atoms with E-state index >= 15 is 0 Å². The van der Waals surface area contributed by atoms with E-state index in [1.807, 2.05) is 0 Å². The molecule has 0 bridgehead atoms. The molecule has 0 spiro atoms. The van der Waals surface area contributed by atoms with E-state index in [0.29, 0.717) is 22.9 Å². The van der Waals surface area contributed by atoms with Gasteiger partial charge in [-0.25, -0.2) is 4.57 Å². The highest BCUT2D eigenvalue weighted by atomic mass is 16.5. The minimum atomic E-state index is -0.583. The molecule has 146 valence electrons. The van der Waals surface area contributed by atoms with Crippen LogP contribution in [0.5, 0.6) is 11.5 Å². The number of nitrogens with one attached hydrogen (secondary N) is 1. The van der Waals surface area contributed by atoms with Crippen molar-refractivity contribution in [2.75, 3.05) is 5.73 Å².